The molecule has 0 bridgehead atoms. The first kappa shape index (κ1) is 27.0. The SMILES string of the molecule is O=C(CCCSc1nc2ccccc2c(=O)n1-c1ccc(Cl)c(Cl)c1)NC(c1ccccc1)c1ccccc1. The molecule has 0 spiro atoms. The van der Waals surface area contributed by atoms with Gasteiger partial charge in [0.1, 0.15) is 0 Å². The van der Waals surface area contributed by atoms with Gasteiger partial charge in [0, 0.05) is 12.2 Å². The first-order valence-corrected chi connectivity index (χ1v) is 14.2. The van der Waals surface area contributed by atoms with Gasteiger partial charge in [0.2, 0.25) is 5.91 Å². The lowest BCUT2D eigenvalue weighted by atomic mass is 9.98. The Hall–Kier alpha value is -3.58. The van der Waals surface area contributed by atoms with Crippen molar-refractivity contribution in [2.75, 3.05) is 5.75 Å². The highest BCUT2D eigenvalue weighted by Crippen LogP contribution is 2.28. The van der Waals surface area contributed by atoms with Crippen LogP contribution in [0.3, 0.4) is 0 Å². The summed E-state index contributed by atoms with van der Waals surface area (Å²) in [6.07, 6.45) is 0.949. The minimum atomic E-state index is -0.227. The molecule has 0 aliphatic rings. The van der Waals surface area contributed by atoms with Gasteiger partial charge in [0.05, 0.1) is 32.7 Å². The van der Waals surface area contributed by atoms with Gasteiger partial charge in [-0.1, -0.05) is 108 Å². The largest absolute Gasteiger partial charge is 0.345 e. The molecule has 0 atom stereocenters. The molecule has 1 amide bonds. The fourth-order valence-corrected chi connectivity index (χ4v) is 5.58. The van der Waals surface area contributed by atoms with Crippen molar-refractivity contribution >= 4 is 51.8 Å². The van der Waals surface area contributed by atoms with E-state index in [1.54, 1.807) is 28.8 Å². The summed E-state index contributed by atoms with van der Waals surface area (Å²) < 4.78 is 1.55. The molecule has 1 aromatic heterocycles. The summed E-state index contributed by atoms with van der Waals surface area (Å²) in [4.78, 5) is 31.2. The number of thioether (sulfide) groups is 1. The molecule has 5 rings (SSSR count). The number of benzene rings is 4. The van der Waals surface area contributed by atoms with Crippen LogP contribution < -0.4 is 10.9 Å². The Labute approximate surface area is 240 Å². The number of amides is 1. The quantitative estimate of drug-likeness (QED) is 0.113. The van der Waals surface area contributed by atoms with Crippen molar-refractivity contribution in [2.24, 2.45) is 0 Å². The maximum absolute atomic E-state index is 13.4. The van der Waals surface area contributed by atoms with E-state index in [4.69, 9.17) is 28.2 Å². The van der Waals surface area contributed by atoms with Crippen molar-refractivity contribution in [1.82, 2.24) is 14.9 Å². The summed E-state index contributed by atoms with van der Waals surface area (Å²) in [7, 11) is 0. The molecule has 196 valence electrons. The number of aromatic nitrogens is 2. The molecule has 5 nitrogen and oxygen atoms in total. The normalized spacial score (nSPS) is 11.2. The number of para-hydroxylation sites is 1. The Balaban J connectivity index is 1.31. The number of carbonyl (C=O) groups is 1. The van der Waals surface area contributed by atoms with Crippen molar-refractivity contribution < 1.29 is 4.79 Å². The van der Waals surface area contributed by atoms with Gasteiger partial charge in [-0.3, -0.25) is 14.2 Å². The molecule has 0 saturated carbocycles. The highest BCUT2D eigenvalue weighted by Gasteiger charge is 2.17. The number of carbonyl (C=O) groups excluding carboxylic acids is 1. The van der Waals surface area contributed by atoms with Crippen molar-refractivity contribution in [3.8, 4) is 5.69 Å². The Morgan fingerprint density at radius 1 is 0.846 bits per heavy atom. The summed E-state index contributed by atoms with van der Waals surface area (Å²) in [5, 5.41) is 4.99. The smallest absolute Gasteiger partial charge is 0.266 e. The fourth-order valence-electron chi connectivity index (χ4n) is 4.34. The molecule has 1 heterocycles. The number of hydrogen-bond acceptors (Lipinski definition) is 4. The zero-order chi connectivity index (χ0) is 27.2. The zero-order valence-corrected chi connectivity index (χ0v) is 23.2. The molecule has 0 fully saturated rings. The number of fused-ring (bicyclic) bond motifs is 1. The second kappa shape index (κ2) is 12.5. The Morgan fingerprint density at radius 3 is 2.15 bits per heavy atom. The van der Waals surface area contributed by atoms with E-state index in [1.165, 1.54) is 11.8 Å². The second-order valence-electron chi connectivity index (χ2n) is 8.92. The Morgan fingerprint density at radius 2 is 1.49 bits per heavy atom. The zero-order valence-electron chi connectivity index (χ0n) is 20.9. The molecule has 0 unspecified atom stereocenters. The van der Waals surface area contributed by atoms with Crippen molar-refractivity contribution in [2.45, 2.75) is 24.0 Å². The average molecular weight is 575 g/mol. The van der Waals surface area contributed by atoms with E-state index in [2.05, 4.69) is 5.32 Å². The van der Waals surface area contributed by atoms with E-state index in [-0.39, 0.29) is 17.5 Å². The van der Waals surface area contributed by atoms with Crippen LogP contribution in [-0.2, 0) is 4.79 Å². The highest BCUT2D eigenvalue weighted by atomic mass is 35.5. The third-order valence-corrected chi connectivity index (χ3v) is 8.02. The van der Waals surface area contributed by atoms with Crippen molar-refractivity contribution in [1.29, 1.82) is 0 Å². The van der Waals surface area contributed by atoms with Crippen LogP contribution in [0.5, 0.6) is 0 Å². The standard InChI is InChI=1S/C31H25Cl2N3O2S/c32-25-18-17-23(20-26(25)33)36-30(38)24-14-7-8-15-27(24)34-31(36)39-19-9-16-28(37)35-29(21-10-3-1-4-11-21)22-12-5-2-6-13-22/h1-8,10-15,17-18,20,29H,9,16,19H2,(H,35,37). The molecular weight excluding hydrogens is 549 g/mol. The van der Waals surface area contributed by atoms with E-state index in [0.717, 1.165) is 11.1 Å². The summed E-state index contributed by atoms with van der Waals surface area (Å²) in [5.41, 5.74) is 3.07. The van der Waals surface area contributed by atoms with Gasteiger partial charge in [-0.25, -0.2) is 4.98 Å². The van der Waals surface area contributed by atoms with E-state index in [1.807, 2.05) is 78.9 Å². The molecule has 5 aromatic rings. The lowest BCUT2D eigenvalue weighted by Crippen LogP contribution is -2.29. The van der Waals surface area contributed by atoms with Crippen LogP contribution in [0.15, 0.2) is 113 Å². The van der Waals surface area contributed by atoms with E-state index in [0.29, 0.717) is 50.4 Å². The van der Waals surface area contributed by atoms with Crippen molar-refractivity contribution in [3.63, 3.8) is 0 Å². The van der Waals surface area contributed by atoms with Gasteiger partial charge >= 0.3 is 0 Å². The summed E-state index contributed by atoms with van der Waals surface area (Å²) in [6, 6.07) is 32.0. The first-order chi connectivity index (χ1) is 19.0. The number of hydrogen-bond donors (Lipinski definition) is 1. The minimum Gasteiger partial charge on any atom is -0.345 e. The molecule has 0 radical (unpaired) electrons. The van der Waals surface area contributed by atoms with Gasteiger partial charge in [-0.2, -0.15) is 0 Å². The third-order valence-electron chi connectivity index (χ3n) is 6.26. The van der Waals surface area contributed by atoms with Gasteiger partial charge < -0.3 is 5.32 Å². The van der Waals surface area contributed by atoms with Crippen LogP contribution in [0, 0.1) is 0 Å². The number of nitrogens with one attached hydrogen (secondary N) is 1. The van der Waals surface area contributed by atoms with Gasteiger partial charge in [-0.15, -0.1) is 0 Å². The van der Waals surface area contributed by atoms with Gasteiger partial charge in [-0.05, 0) is 47.9 Å². The topological polar surface area (TPSA) is 64.0 Å². The summed E-state index contributed by atoms with van der Waals surface area (Å²) >= 11 is 13.8. The molecule has 8 heteroatoms. The number of rotatable bonds is 9. The molecule has 0 aliphatic heterocycles. The third kappa shape index (κ3) is 6.36. The predicted octanol–water partition coefficient (Wildman–Crippen LogP) is 7.47. The minimum absolute atomic E-state index is 0.0401. The summed E-state index contributed by atoms with van der Waals surface area (Å²) in [5.74, 6) is 0.558. The van der Waals surface area contributed by atoms with Crippen LogP contribution in [0.1, 0.15) is 30.0 Å². The van der Waals surface area contributed by atoms with E-state index in [9.17, 15) is 9.59 Å². The second-order valence-corrected chi connectivity index (χ2v) is 10.8. The average Bonchev–Trinajstić information content (AvgIpc) is 2.97. The highest BCUT2D eigenvalue weighted by molar-refractivity contribution is 7.99. The predicted molar refractivity (Wildman–Crippen MR) is 160 cm³/mol. The molecule has 1 N–H and O–H groups in total. The van der Waals surface area contributed by atoms with Gasteiger partial charge in [0.15, 0.2) is 5.16 Å². The van der Waals surface area contributed by atoms with Crippen LogP contribution >= 0.6 is 35.0 Å². The molecule has 4 aromatic carbocycles. The molecule has 0 aliphatic carbocycles. The maximum atomic E-state index is 13.4. The van der Waals surface area contributed by atoms with Crippen LogP contribution in [0.2, 0.25) is 10.0 Å². The monoisotopic (exact) mass is 573 g/mol. The van der Waals surface area contributed by atoms with E-state index >= 15 is 0 Å². The molecule has 39 heavy (non-hydrogen) atoms. The Bertz CT molecular complexity index is 1620. The first-order valence-electron chi connectivity index (χ1n) is 12.5. The van der Waals surface area contributed by atoms with E-state index < -0.39 is 0 Å². The van der Waals surface area contributed by atoms with Crippen molar-refractivity contribution in [3.05, 3.63) is 135 Å². The number of nitrogens with zero attached hydrogens (tertiary/aromatic N) is 2. The maximum Gasteiger partial charge on any atom is 0.266 e. The fraction of sp³-hybridized carbons (Fsp3) is 0.129. The summed E-state index contributed by atoms with van der Waals surface area (Å²) in [6.45, 7) is 0. The lowest BCUT2D eigenvalue weighted by Gasteiger charge is -2.20. The molecule has 0 saturated heterocycles. The lowest BCUT2D eigenvalue weighted by molar-refractivity contribution is -0.121. The Kier molecular flexibility index (Phi) is 8.67. The van der Waals surface area contributed by atoms with Gasteiger partial charge in [0.25, 0.3) is 5.56 Å². The van der Waals surface area contributed by atoms with Crippen LogP contribution in [0.25, 0.3) is 16.6 Å². The number of halogens is 2. The molecular formula is C31H25Cl2N3O2S. The van der Waals surface area contributed by atoms with Crippen LogP contribution in [0.4, 0.5) is 0 Å². The van der Waals surface area contributed by atoms with Crippen LogP contribution in [-0.4, -0.2) is 21.2 Å².